The van der Waals surface area contributed by atoms with Crippen molar-refractivity contribution < 1.29 is 9.84 Å². The lowest BCUT2D eigenvalue weighted by Crippen LogP contribution is -2.33. The SMILES string of the molecule is OC(CNCCC1CCC1)COc1cccc(Br)c1. The van der Waals surface area contributed by atoms with Gasteiger partial charge in [-0.1, -0.05) is 41.3 Å². The molecule has 0 aliphatic heterocycles. The molecule has 1 aliphatic carbocycles. The van der Waals surface area contributed by atoms with Gasteiger partial charge in [0, 0.05) is 11.0 Å². The number of benzene rings is 1. The van der Waals surface area contributed by atoms with Gasteiger partial charge in [0.05, 0.1) is 0 Å². The van der Waals surface area contributed by atoms with Crippen molar-refractivity contribution in [1.29, 1.82) is 0 Å². The first-order chi connectivity index (χ1) is 9.24. The van der Waals surface area contributed by atoms with Crippen molar-refractivity contribution in [2.45, 2.75) is 31.8 Å². The van der Waals surface area contributed by atoms with Gasteiger partial charge in [-0.15, -0.1) is 0 Å². The van der Waals surface area contributed by atoms with E-state index in [1.54, 1.807) is 0 Å². The van der Waals surface area contributed by atoms with E-state index in [0.717, 1.165) is 22.7 Å². The third kappa shape index (κ3) is 5.51. The summed E-state index contributed by atoms with van der Waals surface area (Å²) in [5.41, 5.74) is 0. The van der Waals surface area contributed by atoms with Crippen molar-refractivity contribution in [2.24, 2.45) is 5.92 Å². The first-order valence-electron chi connectivity index (χ1n) is 7.01. The molecule has 0 aromatic heterocycles. The Morgan fingerprint density at radius 3 is 2.95 bits per heavy atom. The molecule has 0 amide bonds. The largest absolute Gasteiger partial charge is 0.491 e. The van der Waals surface area contributed by atoms with Gasteiger partial charge in [0.25, 0.3) is 0 Å². The molecule has 1 atom stereocenters. The van der Waals surface area contributed by atoms with Crippen molar-refractivity contribution in [3.63, 3.8) is 0 Å². The van der Waals surface area contributed by atoms with Crippen LogP contribution >= 0.6 is 15.9 Å². The standard InChI is InChI=1S/C15H22BrNO2/c16-13-5-2-6-15(9-13)19-11-14(18)10-17-8-7-12-3-1-4-12/h2,5-6,9,12,14,17-18H,1,3-4,7-8,10-11H2. The van der Waals surface area contributed by atoms with Crippen LogP contribution in [0.5, 0.6) is 5.75 Å². The Morgan fingerprint density at radius 2 is 2.26 bits per heavy atom. The van der Waals surface area contributed by atoms with Crippen molar-refractivity contribution in [3.05, 3.63) is 28.7 Å². The van der Waals surface area contributed by atoms with E-state index in [-0.39, 0.29) is 0 Å². The highest BCUT2D eigenvalue weighted by Gasteiger charge is 2.16. The molecule has 0 spiro atoms. The van der Waals surface area contributed by atoms with Crippen molar-refractivity contribution in [1.82, 2.24) is 5.32 Å². The molecule has 1 fully saturated rings. The highest BCUT2D eigenvalue weighted by molar-refractivity contribution is 9.10. The van der Waals surface area contributed by atoms with Gasteiger partial charge >= 0.3 is 0 Å². The number of aliphatic hydroxyl groups is 1. The molecule has 0 bridgehead atoms. The van der Waals surface area contributed by atoms with Crippen molar-refractivity contribution >= 4 is 15.9 Å². The third-order valence-corrected chi connectivity index (χ3v) is 4.07. The quantitative estimate of drug-likeness (QED) is 0.721. The van der Waals surface area contributed by atoms with Crippen LogP contribution in [0.4, 0.5) is 0 Å². The lowest BCUT2D eigenvalue weighted by atomic mass is 9.83. The van der Waals surface area contributed by atoms with E-state index >= 15 is 0 Å². The van der Waals surface area contributed by atoms with Gasteiger partial charge in [-0.2, -0.15) is 0 Å². The van der Waals surface area contributed by atoms with Crippen LogP contribution in [-0.4, -0.2) is 30.9 Å². The van der Waals surface area contributed by atoms with Crippen LogP contribution < -0.4 is 10.1 Å². The van der Waals surface area contributed by atoms with Gasteiger partial charge in [0.2, 0.25) is 0 Å². The highest BCUT2D eigenvalue weighted by Crippen LogP contribution is 2.28. The molecule has 0 heterocycles. The lowest BCUT2D eigenvalue weighted by Gasteiger charge is -2.25. The summed E-state index contributed by atoms with van der Waals surface area (Å²) in [6.07, 6.45) is 4.94. The summed E-state index contributed by atoms with van der Waals surface area (Å²) in [6.45, 7) is 1.92. The van der Waals surface area contributed by atoms with E-state index in [4.69, 9.17) is 4.74 Å². The lowest BCUT2D eigenvalue weighted by molar-refractivity contribution is 0.105. The minimum atomic E-state index is -0.458. The number of nitrogens with one attached hydrogen (secondary N) is 1. The first kappa shape index (κ1) is 14.8. The minimum absolute atomic E-state index is 0.326. The smallest absolute Gasteiger partial charge is 0.120 e. The molecule has 4 heteroatoms. The Kier molecular flexibility index (Phi) is 6.14. The molecule has 2 N–H and O–H groups in total. The van der Waals surface area contributed by atoms with Gasteiger partial charge in [-0.25, -0.2) is 0 Å². The predicted molar refractivity (Wildman–Crippen MR) is 80.5 cm³/mol. The molecule has 1 aromatic rings. The second-order valence-corrected chi connectivity index (χ2v) is 6.13. The van der Waals surface area contributed by atoms with Crippen LogP contribution in [0.25, 0.3) is 0 Å². The monoisotopic (exact) mass is 327 g/mol. The second kappa shape index (κ2) is 7.88. The minimum Gasteiger partial charge on any atom is -0.491 e. The third-order valence-electron chi connectivity index (χ3n) is 3.57. The van der Waals surface area contributed by atoms with E-state index in [0.29, 0.717) is 13.2 Å². The second-order valence-electron chi connectivity index (χ2n) is 5.21. The summed E-state index contributed by atoms with van der Waals surface area (Å²) in [4.78, 5) is 0. The molecule has 106 valence electrons. The first-order valence-corrected chi connectivity index (χ1v) is 7.80. The number of rotatable bonds is 8. The van der Waals surface area contributed by atoms with E-state index in [1.165, 1.54) is 25.7 Å². The Morgan fingerprint density at radius 1 is 1.42 bits per heavy atom. The molecule has 1 aromatic carbocycles. The Labute approximate surface area is 123 Å². The van der Waals surface area contributed by atoms with Crippen molar-refractivity contribution in [2.75, 3.05) is 19.7 Å². The molecule has 1 aliphatic rings. The number of hydrogen-bond donors (Lipinski definition) is 2. The Hall–Kier alpha value is -0.580. The topological polar surface area (TPSA) is 41.5 Å². The van der Waals surface area contributed by atoms with Crippen LogP contribution in [0.1, 0.15) is 25.7 Å². The summed E-state index contributed by atoms with van der Waals surface area (Å²) in [5.74, 6) is 1.70. The number of hydrogen-bond acceptors (Lipinski definition) is 3. The van der Waals surface area contributed by atoms with Crippen LogP contribution in [0.3, 0.4) is 0 Å². The average molecular weight is 328 g/mol. The van der Waals surface area contributed by atoms with Gasteiger partial charge in [-0.3, -0.25) is 0 Å². The predicted octanol–water partition coefficient (Wildman–Crippen LogP) is 2.97. The molecule has 19 heavy (non-hydrogen) atoms. The normalized spacial score (nSPS) is 16.9. The summed E-state index contributed by atoms with van der Waals surface area (Å²) in [5, 5.41) is 13.1. The summed E-state index contributed by atoms with van der Waals surface area (Å²) in [7, 11) is 0. The molecular formula is C15H22BrNO2. The van der Waals surface area contributed by atoms with E-state index in [1.807, 2.05) is 24.3 Å². The van der Waals surface area contributed by atoms with Crippen LogP contribution in [0.15, 0.2) is 28.7 Å². The maximum atomic E-state index is 9.82. The van der Waals surface area contributed by atoms with Crippen LogP contribution in [0, 0.1) is 5.92 Å². The van der Waals surface area contributed by atoms with Crippen LogP contribution in [0.2, 0.25) is 0 Å². The molecule has 1 saturated carbocycles. The molecule has 0 radical (unpaired) electrons. The number of aliphatic hydroxyl groups excluding tert-OH is 1. The molecule has 2 rings (SSSR count). The Bertz CT molecular complexity index is 382. The highest BCUT2D eigenvalue weighted by atomic mass is 79.9. The zero-order valence-corrected chi connectivity index (χ0v) is 12.7. The van der Waals surface area contributed by atoms with Gasteiger partial charge < -0.3 is 15.2 Å². The summed E-state index contributed by atoms with van der Waals surface area (Å²) >= 11 is 3.39. The van der Waals surface area contributed by atoms with Gasteiger partial charge in [-0.05, 0) is 37.1 Å². The van der Waals surface area contributed by atoms with Gasteiger partial charge in [0.15, 0.2) is 0 Å². The fraction of sp³-hybridized carbons (Fsp3) is 0.600. The summed E-state index contributed by atoms with van der Waals surface area (Å²) in [6, 6.07) is 7.66. The molecule has 1 unspecified atom stereocenters. The fourth-order valence-corrected chi connectivity index (χ4v) is 2.54. The Balaban J connectivity index is 1.54. The number of halogens is 1. The zero-order valence-electron chi connectivity index (χ0n) is 11.1. The maximum Gasteiger partial charge on any atom is 0.120 e. The van der Waals surface area contributed by atoms with Crippen molar-refractivity contribution in [3.8, 4) is 5.75 Å². The number of ether oxygens (including phenoxy) is 1. The van der Waals surface area contributed by atoms with E-state index in [2.05, 4.69) is 21.2 Å². The van der Waals surface area contributed by atoms with E-state index < -0.39 is 6.10 Å². The molecular weight excluding hydrogens is 306 g/mol. The maximum absolute atomic E-state index is 9.82. The summed E-state index contributed by atoms with van der Waals surface area (Å²) < 4.78 is 6.52. The van der Waals surface area contributed by atoms with E-state index in [9.17, 15) is 5.11 Å². The molecule has 0 saturated heterocycles. The zero-order chi connectivity index (χ0) is 13.5. The fourth-order valence-electron chi connectivity index (χ4n) is 2.16. The average Bonchev–Trinajstić information content (AvgIpc) is 2.34. The van der Waals surface area contributed by atoms with Crippen LogP contribution in [-0.2, 0) is 0 Å². The van der Waals surface area contributed by atoms with Gasteiger partial charge in [0.1, 0.15) is 18.5 Å². The molecule has 3 nitrogen and oxygen atoms in total.